The molecule has 0 nitrogen and oxygen atoms in total. The molecule has 0 rings (SSSR count). The van der Waals surface area contributed by atoms with Gasteiger partial charge >= 0.3 is 0 Å². The van der Waals surface area contributed by atoms with E-state index >= 15 is 0 Å². The Labute approximate surface area is 53.1 Å². The Morgan fingerprint density at radius 2 is 1.89 bits per heavy atom. The van der Waals surface area contributed by atoms with Crippen LogP contribution in [-0.4, -0.2) is 19.0 Å². The Morgan fingerprint density at radius 3 is 2.22 bits per heavy atom. The number of halogens is 3. The number of hydrogen-bond acceptors (Lipinski definition) is 0. The fraction of sp³-hybridized carbons (Fsp3) is 1.00. The van der Waals surface area contributed by atoms with E-state index in [1.165, 1.54) is 6.92 Å². The van der Waals surface area contributed by atoms with E-state index in [0.29, 0.717) is 0 Å². The van der Waals surface area contributed by atoms with Gasteiger partial charge in [0, 0.05) is 12.8 Å². The summed E-state index contributed by atoms with van der Waals surface area (Å²) in [6, 6.07) is 0. The van der Waals surface area contributed by atoms with Gasteiger partial charge < -0.3 is 0 Å². The van der Waals surface area contributed by atoms with Gasteiger partial charge in [-0.1, -0.05) is 0 Å². The number of rotatable bonds is 4. The Kier molecular flexibility index (Phi) is 4.54. The lowest BCUT2D eigenvalue weighted by Crippen LogP contribution is -2.07. The lowest BCUT2D eigenvalue weighted by molar-refractivity contribution is 0.209. The van der Waals surface area contributed by atoms with E-state index in [1.54, 1.807) is 0 Å². The summed E-state index contributed by atoms with van der Waals surface area (Å²) in [5.74, 6) is 0. The lowest BCUT2D eigenvalue weighted by atomic mass is 10.2. The zero-order chi connectivity index (χ0) is 7.28. The van der Waals surface area contributed by atoms with E-state index in [9.17, 15) is 13.2 Å². The van der Waals surface area contributed by atoms with Gasteiger partial charge in [0.1, 0.15) is 12.3 Å². The second kappa shape index (κ2) is 4.65. The molecule has 0 radical (unpaired) electrons. The van der Waals surface area contributed by atoms with Gasteiger partial charge in [0.05, 0.1) is 6.67 Å². The molecule has 0 aliphatic heterocycles. The van der Waals surface area contributed by atoms with Crippen LogP contribution in [0.25, 0.3) is 0 Å². The van der Waals surface area contributed by atoms with E-state index in [1.807, 2.05) is 0 Å². The first kappa shape index (κ1) is 8.79. The summed E-state index contributed by atoms with van der Waals surface area (Å²) in [4.78, 5) is 0. The van der Waals surface area contributed by atoms with Gasteiger partial charge in [0.25, 0.3) is 0 Å². The van der Waals surface area contributed by atoms with Crippen molar-refractivity contribution in [1.29, 1.82) is 0 Å². The van der Waals surface area contributed by atoms with Crippen LogP contribution in [0.5, 0.6) is 0 Å². The summed E-state index contributed by atoms with van der Waals surface area (Å²) < 4.78 is 35.4. The van der Waals surface area contributed by atoms with Gasteiger partial charge in [-0.05, 0) is 6.92 Å². The molecule has 0 fully saturated rings. The number of alkyl halides is 3. The predicted molar refractivity (Wildman–Crippen MR) is 30.7 cm³/mol. The van der Waals surface area contributed by atoms with Crippen LogP contribution in [0.2, 0.25) is 0 Å². The van der Waals surface area contributed by atoms with Crippen molar-refractivity contribution in [3.63, 3.8) is 0 Å². The molecule has 0 saturated carbocycles. The first-order chi connectivity index (χ1) is 4.16. The van der Waals surface area contributed by atoms with Crippen molar-refractivity contribution in [2.75, 3.05) is 6.67 Å². The summed E-state index contributed by atoms with van der Waals surface area (Å²) in [6.45, 7) is 0.568. The van der Waals surface area contributed by atoms with Crippen LogP contribution >= 0.6 is 0 Å². The molecule has 0 amide bonds. The standard InChI is InChI=1S/C6H11F3/c1-5(8)4-6(9)2-3-7/h5-6H,2-4H2,1H3. The molecule has 0 saturated heterocycles. The van der Waals surface area contributed by atoms with Crippen LogP contribution in [0.4, 0.5) is 13.2 Å². The minimum Gasteiger partial charge on any atom is -0.251 e. The fourth-order valence-electron chi connectivity index (χ4n) is 0.589. The van der Waals surface area contributed by atoms with Crippen LogP contribution < -0.4 is 0 Å². The molecule has 0 aliphatic rings. The molecule has 2 atom stereocenters. The predicted octanol–water partition coefficient (Wildman–Crippen LogP) is 2.43. The first-order valence-corrected chi connectivity index (χ1v) is 3.01. The second-order valence-electron chi connectivity index (χ2n) is 2.09. The van der Waals surface area contributed by atoms with Crippen molar-refractivity contribution in [1.82, 2.24) is 0 Å². The van der Waals surface area contributed by atoms with Crippen molar-refractivity contribution < 1.29 is 13.2 Å². The summed E-state index contributed by atoms with van der Waals surface area (Å²) in [7, 11) is 0. The summed E-state index contributed by atoms with van der Waals surface area (Å²) in [6.07, 6.45) is -2.82. The molecular weight excluding hydrogens is 129 g/mol. The minimum absolute atomic E-state index is 0.172. The van der Waals surface area contributed by atoms with Gasteiger partial charge in [0.15, 0.2) is 0 Å². The summed E-state index contributed by atoms with van der Waals surface area (Å²) in [5, 5.41) is 0. The average Bonchev–Trinajstić information content (AvgIpc) is 1.63. The minimum atomic E-state index is -1.31. The topological polar surface area (TPSA) is 0 Å². The highest BCUT2D eigenvalue weighted by molar-refractivity contribution is 4.59. The molecule has 0 aliphatic carbocycles. The average molecular weight is 140 g/mol. The molecule has 0 bridgehead atoms. The molecule has 0 N–H and O–H groups in total. The van der Waals surface area contributed by atoms with Gasteiger partial charge in [-0.25, -0.2) is 8.78 Å². The quantitative estimate of drug-likeness (QED) is 0.562. The molecule has 2 unspecified atom stereocenters. The maximum absolute atomic E-state index is 12.2. The van der Waals surface area contributed by atoms with Crippen LogP contribution in [0, 0.1) is 0 Å². The van der Waals surface area contributed by atoms with Gasteiger partial charge in [-0.3, -0.25) is 4.39 Å². The maximum atomic E-state index is 12.2. The number of hydrogen-bond donors (Lipinski definition) is 0. The molecule has 3 heteroatoms. The van der Waals surface area contributed by atoms with Crippen molar-refractivity contribution in [3.05, 3.63) is 0 Å². The summed E-state index contributed by atoms with van der Waals surface area (Å²) >= 11 is 0. The Hall–Kier alpha value is -0.210. The highest BCUT2D eigenvalue weighted by Gasteiger charge is 2.09. The Morgan fingerprint density at radius 1 is 1.33 bits per heavy atom. The van der Waals surface area contributed by atoms with E-state index in [4.69, 9.17) is 0 Å². The third-order valence-electron chi connectivity index (χ3n) is 1.00. The molecule has 0 aromatic carbocycles. The van der Waals surface area contributed by atoms with Gasteiger partial charge in [-0.15, -0.1) is 0 Å². The van der Waals surface area contributed by atoms with E-state index < -0.39 is 19.0 Å². The SMILES string of the molecule is CC(F)CC(F)CCF. The van der Waals surface area contributed by atoms with E-state index in [2.05, 4.69) is 0 Å². The third-order valence-corrected chi connectivity index (χ3v) is 1.00. The smallest absolute Gasteiger partial charge is 0.105 e. The largest absolute Gasteiger partial charge is 0.251 e. The van der Waals surface area contributed by atoms with Crippen LogP contribution in [0.1, 0.15) is 19.8 Å². The molecule has 0 heterocycles. The Balaban J connectivity index is 3.15. The van der Waals surface area contributed by atoms with Crippen LogP contribution in [0.3, 0.4) is 0 Å². The van der Waals surface area contributed by atoms with Gasteiger partial charge in [-0.2, -0.15) is 0 Å². The van der Waals surface area contributed by atoms with Crippen molar-refractivity contribution in [2.24, 2.45) is 0 Å². The Bertz CT molecular complexity index is 63.3. The van der Waals surface area contributed by atoms with Crippen molar-refractivity contribution in [2.45, 2.75) is 32.1 Å². The molecule has 0 spiro atoms. The monoisotopic (exact) mass is 140 g/mol. The first-order valence-electron chi connectivity index (χ1n) is 3.01. The van der Waals surface area contributed by atoms with Crippen molar-refractivity contribution >= 4 is 0 Å². The van der Waals surface area contributed by atoms with E-state index in [-0.39, 0.29) is 12.8 Å². The molecule has 0 aromatic rings. The zero-order valence-corrected chi connectivity index (χ0v) is 5.41. The van der Waals surface area contributed by atoms with Crippen LogP contribution in [-0.2, 0) is 0 Å². The second-order valence-corrected chi connectivity index (χ2v) is 2.09. The van der Waals surface area contributed by atoms with Crippen molar-refractivity contribution in [3.8, 4) is 0 Å². The zero-order valence-electron chi connectivity index (χ0n) is 5.41. The fourth-order valence-corrected chi connectivity index (χ4v) is 0.589. The molecule has 9 heavy (non-hydrogen) atoms. The highest BCUT2D eigenvalue weighted by atomic mass is 19.2. The highest BCUT2D eigenvalue weighted by Crippen LogP contribution is 2.08. The van der Waals surface area contributed by atoms with E-state index in [0.717, 1.165) is 0 Å². The maximum Gasteiger partial charge on any atom is 0.105 e. The molecular formula is C6H11F3. The lowest BCUT2D eigenvalue weighted by Gasteiger charge is -2.04. The summed E-state index contributed by atoms with van der Waals surface area (Å²) in [5.41, 5.74) is 0. The normalized spacial score (nSPS) is 17.3. The third kappa shape index (κ3) is 5.66. The van der Waals surface area contributed by atoms with Gasteiger partial charge in [0.2, 0.25) is 0 Å². The molecule has 0 aromatic heterocycles. The van der Waals surface area contributed by atoms with Crippen LogP contribution in [0.15, 0.2) is 0 Å². The molecule has 56 valence electrons.